The van der Waals surface area contributed by atoms with E-state index in [1.807, 2.05) is 0 Å². The fraction of sp³-hybridized carbons (Fsp3) is 0.765. The molecular formula is C17H29O7P. The highest BCUT2D eigenvalue weighted by atomic mass is 31.2. The first-order valence-electron chi connectivity index (χ1n) is 8.86. The summed E-state index contributed by atoms with van der Waals surface area (Å²) in [6.07, 6.45) is 13.1. The first-order valence-corrected chi connectivity index (χ1v) is 10.9. The number of hydrogen-bond donors (Lipinski definition) is 2. The molecule has 0 aliphatic heterocycles. The van der Waals surface area contributed by atoms with Crippen LogP contribution in [0.4, 0.5) is 0 Å². The van der Waals surface area contributed by atoms with Gasteiger partial charge >= 0.3 is 19.5 Å². The molecule has 0 aromatic carbocycles. The molecule has 0 saturated heterocycles. The molecule has 0 unspecified atom stereocenters. The molecule has 0 atom stereocenters. The second-order valence-electron chi connectivity index (χ2n) is 6.56. The molecule has 7 nitrogen and oxygen atoms in total. The third-order valence-corrected chi connectivity index (χ3v) is 4.03. The topological polar surface area (TPSA) is 110 Å². The first kappa shape index (κ1) is 21.9. The van der Waals surface area contributed by atoms with E-state index in [4.69, 9.17) is 19.3 Å². The van der Waals surface area contributed by atoms with E-state index in [1.165, 1.54) is 25.0 Å². The molecule has 2 aliphatic rings. The normalized spacial score (nSPS) is 19.8. The van der Waals surface area contributed by atoms with Crippen LogP contribution in [0.3, 0.4) is 0 Å². The zero-order valence-corrected chi connectivity index (χ0v) is 15.7. The van der Waals surface area contributed by atoms with Gasteiger partial charge in [0, 0.05) is 18.8 Å². The highest BCUT2D eigenvalue weighted by Gasteiger charge is 2.18. The lowest BCUT2D eigenvalue weighted by atomic mass is 9.98. The van der Waals surface area contributed by atoms with Crippen LogP contribution in [0.1, 0.15) is 64.2 Å². The van der Waals surface area contributed by atoms with Crippen LogP contribution in [0, 0.1) is 0 Å². The van der Waals surface area contributed by atoms with Gasteiger partial charge in [0.1, 0.15) is 12.2 Å². The monoisotopic (exact) mass is 376 g/mol. The summed E-state index contributed by atoms with van der Waals surface area (Å²) in [5.41, 5.74) is 0. The van der Waals surface area contributed by atoms with E-state index in [0.29, 0.717) is 0 Å². The van der Waals surface area contributed by atoms with Crippen molar-refractivity contribution < 1.29 is 33.4 Å². The van der Waals surface area contributed by atoms with Crippen LogP contribution in [0.2, 0.25) is 0 Å². The second-order valence-corrected chi connectivity index (χ2v) is 8.23. The number of carbonyl (C=O) groups excluding carboxylic acids is 2. The van der Waals surface area contributed by atoms with Gasteiger partial charge in [-0.25, -0.2) is 9.59 Å². The number of carbonyl (C=O) groups is 2. The lowest BCUT2D eigenvalue weighted by Gasteiger charge is -2.21. The molecule has 144 valence electrons. The van der Waals surface area contributed by atoms with Crippen LogP contribution in [-0.4, -0.2) is 40.6 Å². The smallest absolute Gasteiger partial charge is 0.331 e. The molecule has 0 spiro atoms. The summed E-state index contributed by atoms with van der Waals surface area (Å²) in [6, 6.07) is 0. The van der Waals surface area contributed by atoms with Gasteiger partial charge in [0.2, 0.25) is 0 Å². The number of esters is 2. The second kappa shape index (κ2) is 11.4. The third-order valence-electron chi connectivity index (χ3n) is 4.03. The summed E-state index contributed by atoms with van der Waals surface area (Å²) >= 11 is 0. The maximum Gasteiger partial charge on any atom is 0.331 e. The maximum absolute atomic E-state index is 11.6. The molecule has 2 aliphatic carbocycles. The molecule has 2 rings (SSSR count). The quantitative estimate of drug-likeness (QED) is 0.441. The molecule has 0 heterocycles. The Morgan fingerprint density at radius 1 is 0.800 bits per heavy atom. The van der Waals surface area contributed by atoms with Crippen molar-refractivity contribution in [2.75, 3.05) is 6.66 Å². The van der Waals surface area contributed by atoms with Gasteiger partial charge in [-0.3, -0.25) is 4.57 Å². The van der Waals surface area contributed by atoms with Crippen LogP contribution in [-0.2, 0) is 23.6 Å². The summed E-state index contributed by atoms with van der Waals surface area (Å²) < 4.78 is 19.9. The van der Waals surface area contributed by atoms with Crippen LogP contribution in [0.15, 0.2) is 12.2 Å². The zero-order valence-electron chi connectivity index (χ0n) is 14.8. The van der Waals surface area contributed by atoms with Crippen LogP contribution in [0.25, 0.3) is 0 Å². The van der Waals surface area contributed by atoms with Crippen molar-refractivity contribution in [1.29, 1.82) is 0 Å². The van der Waals surface area contributed by atoms with Crippen molar-refractivity contribution in [3.05, 3.63) is 12.2 Å². The molecule has 0 aromatic heterocycles. The van der Waals surface area contributed by atoms with Crippen molar-refractivity contribution in [2.45, 2.75) is 76.4 Å². The molecule has 8 heteroatoms. The lowest BCUT2D eigenvalue weighted by Crippen LogP contribution is -2.21. The first-order chi connectivity index (χ1) is 11.7. The third kappa shape index (κ3) is 12.8. The largest absolute Gasteiger partial charge is 0.459 e. The van der Waals surface area contributed by atoms with E-state index in [0.717, 1.165) is 58.0 Å². The van der Waals surface area contributed by atoms with Gasteiger partial charge < -0.3 is 19.3 Å². The number of hydrogen-bond acceptors (Lipinski definition) is 5. The van der Waals surface area contributed by atoms with E-state index in [9.17, 15) is 14.2 Å². The van der Waals surface area contributed by atoms with Crippen LogP contribution >= 0.6 is 7.60 Å². The Bertz CT molecular complexity index is 443. The summed E-state index contributed by atoms with van der Waals surface area (Å²) in [7, 11) is -3.64. The van der Waals surface area contributed by atoms with Crippen molar-refractivity contribution in [3.63, 3.8) is 0 Å². The molecule has 2 saturated carbocycles. The van der Waals surface area contributed by atoms with Gasteiger partial charge in [-0.2, -0.15) is 0 Å². The summed E-state index contributed by atoms with van der Waals surface area (Å²) in [5.74, 6) is -0.866. The van der Waals surface area contributed by atoms with E-state index in [1.54, 1.807) is 0 Å². The predicted octanol–water partition coefficient (Wildman–Crippen LogP) is 3.09. The van der Waals surface area contributed by atoms with Gasteiger partial charge in [-0.1, -0.05) is 12.8 Å². The Morgan fingerprint density at radius 2 is 1.08 bits per heavy atom. The van der Waals surface area contributed by atoms with Gasteiger partial charge in [0.25, 0.3) is 0 Å². The van der Waals surface area contributed by atoms with E-state index in [-0.39, 0.29) is 12.2 Å². The number of rotatable bonds is 4. The molecule has 0 radical (unpaired) electrons. The highest BCUT2D eigenvalue weighted by molar-refractivity contribution is 7.50. The van der Waals surface area contributed by atoms with Gasteiger partial charge in [0.05, 0.1) is 0 Å². The highest BCUT2D eigenvalue weighted by Crippen LogP contribution is 2.26. The Kier molecular flexibility index (Phi) is 10.0. The summed E-state index contributed by atoms with van der Waals surface area (Å²) in [6.45, 7) is 0.854. The van der Waals surface area contributed by atoms with Gasteiger partial charge in [-0.15, -0.1) is 0 Å². The molecular weight excluding hydrogens is 347 g/mol. The fourth-order valence-electron chi connectivity index (χ4n) is 2.91. The Hall–Kier alpha value is -1.17. The molecule has 0 aromatic rings. The van der Waals surface area contributed by atoms with E-state index < -0.39 is 19.5 Å². The Labute approximate surface area is 148 Å². The maximum atomic E-state index is 11.6. The van der Waals surface area contributed by atoms with Crippen molar-refractivity contribution >= 4 is 19.5 Å². The molecule has 2 fully saturated rings. The van der Waals surface area contributed by atoms with E-state index in [2.05, 4.69) is 0 Å². The van der Waals surface area contributed by atoms with Gasteiger partial charge in [-0.05, 0) is 51.4 Å². The molecule has 0 bridgehead atoms. The molecule has 0 amide bonds. The summed E-state index contributed by atoms with van der Waals surface area (Å²) in [4.78, 5) is 38.4. The zero-order chi connectivity index (χ0) is 18.7. The van der Waals surface area contributed by atoms with Crippen LogP contribution < -0.4 is 0 Å². The lowest BCUT2D eigenvalue weighted by molar-refractivity contribution is -0.147. The van der Waals surface area contributed by atoms with Crippen LogP contribution in [0.5, 0.6) is 0 Å². The summed E-state index contributed by atoms with van der Waals surface area (Å²) in [5, 5.41) is 0. The Balaban J connectivity index is 0.000000550. The average Bonchev–Trinajstić information content (AvgIpc) is 2.53. The van der Waals surface area contributed by atoms with Crippen molar-refractivity contribution in [2.24, 2.45) is 0 Å². The van der Waals surface area contributed by atoms with E-state index >= 15 is 0 Å². The average molecular weight is 376 g/mol. The molecule has 25 heavy (non-hydrogen) atoms. The minimum Gasteiger partial charge on any atom is -0.459 e. The fourth-order valence-corrected chi connectivity index (χ4v) is 2.91. The van der Waals surface area contributed by atoms with Crippen molar-refractivity contribution in [1.82, 2.24) is 0 Å². The Morgan fingerprint density at radius 3 is 1.36 bits per heavy atom. The SMILES string of the molecule is CP(=O)(O)O.O=C(/C=C\C(=O)OC1CCCCC1)OC1CCCCC1. The standard InChI is InChI=1S/C16H24O4.CH5O3P/c17-15(19-13-7-3-1-4-8-13)11-12-16(18)20-14-9-5-2-6-10-14;1-5(2,3)4/h11-14H,1-10H2;1H3,(H2,2,3,4)/b12-11-;. The predicted molar refractivity (Wildman–Crippen MR) is 93.0 cm³/mol. The minimum atomic E-state index is -3.64. The number of ether oxygens (including phenoxy) is 2. The van der Waals surface area contributed by atoms with Gasteiger partial charge in [0.15, 0.2) is 0 Å². The minimum absolute atomic E-state index is 0.0234. The van der Waals surface area contributed by atoms with Crippen molar-refractivity contribution in [3.8, 4) is 0 Å². The molecule has 2 N–H and O–H groups in total.